The van der Waals surface area contributed by atoms with Crippen LogP contribution < -0.4 is 9.21 Å². The predicted octanol–water partition coefficient (Wildman–Crippen LogP) is 5.38. The monoisotopic (exact) mass is 513 g/mol. The molecule has 0 saturated carbocycles. The fourth-order valence-corrected chi connectivity index (χ4v) is 4.75. The lowest BCUT2D eigenvalue weighted by atomic mass is 10.0. The lowest BCUT2D eigenvalue weighted by molar-refractivity contribution is -0.141. The quantitative estimate of drug-likeness (QED) is 0.297. The molecule has 0 aliphatic heterocycles. The van der Waals surface area contributed by atoms with Crippen LogP contribution in [0.4, 0.5) is 24.5 Å². The van der Waals surface area contributed by atoms with E-state index in [9.17, 15) is 26.4 Å². The average molecular weight is 514 g/mol. The van der Waals surface area contributed by atoms with E-state index in [4.69, 9.17) is 0 Å². The molecule has 10 heteroatoms. The Bertz CT molecular complexity index is 1470. The van der Waals surface area contributed by atoms with E-state index in [2.05, 4.69) is 4.98 Å². The first kappa shape index (κ1) is 25.2. The third-order valence-corrected chi connectivity index (χ3v) is 6.80. The topological polar surface area (TPSA) is 70.6 Å². The van der Waals surface area contributed by atoms with Gasteiger partial charge in [0.05, 0.1) is 25.0 Å². The standard InChI is InChI=1S/C26H22F3N3O3S/c1-36(34,35)32(17-21-7-4-6-20-5-2-3-8-24(20)21)23-12-10-22(11-13-23)31(18-33)16-19-9-14-25(30-15-19)26(27,28)29/h2-15,18H,16-17H2,1H3. The summed E-state index contributed by atoms with van der Waals surface area (Å²) < 4.78 is 64.8. The van der Waals surface area contributed by atoms with Crippen LogP contribution >= 0.6 is 0 Å². The fraction of sp³-hybridized carbons (Fsp3) is 0.154. The molecule has 4 rings (SSSR count). The second kappa shape index (κ2) is 9.98. The molecule has 3 aromatic carbocycles. The lowest BCUT2D eigenvalue weighted by Crippen LogP contribution is -2.29. The first-order valence-corrected chi connectivity index (χ1v) is 12.7. The fourth-order valence-electron chi connectivity index (χ4n) is 3.87. The van der Waals surface area contributed by atoms with Gasteiger partial charge in [0, 0.05) is 11.9 Å². The summed E-state index contributed by atoms with van der Waals surface area (Å²) in [6, 6.07) is 21.9. The van der Waals surface area contributed by atoms with E-state index in [0.29, 0.717) is 23.3 Å². The molecule has 0 aliphatic carbocycles. The molecule has 0 saturated heterocycles. The number of anilines is 2. The summed E-state index contributed by atoms with van der Waals surface area (Å²) >= 11 is 0. The van der Waals surface area contributed by atoms with Crippen molar-refractivity contribution in [1.29, 1.82) is 0 Å². The van der Waals surface area contributed by atoms with Gasteiger partial charge >= 0.3 is 6.18 Å². The highest BCUT2D eigenvalue weighted by molar-refractivity contribution is 7.92. The maximum Gasteiger partial charge on any atom is 0.433 e. The molecule has 1 heterocycles. The van der Waals surface area contributed by atoms with Crippen LogP contribution in [0.2, 0.25) is 0 Å². The highest BCUT2D eigenvalue weighted by atomic mass is 32.2. The number of halogens is 3. The number of sulfonamides is 1. The zero-order valence-electron chi connectivity index (χ0n) is 19.2. The molecule has 0 fully saturated rings. The minimum atomic E-state index is -4.55. The van der Waals surface area contributed by atoms with Crippen molar-refractivity contribution in [1.82, 2.24) is 4.98 Å². The van der Waals surface area contributed by atoms with Crippen LogP contribution in [0.25, 0.3) is 10.8 Å². The van der Waals surface area contributed by atoms with E-state index in [0.717, 1.165) is 34.9 Å². The number of hydrogen-bond acceptors (Lipinski definition) is 4. The van der Waals surface area contributed by atoms with Crippen LogP contribution in [0.3, 0.4) is 0 Å². The number of aromatic nitrogens is 1. The van der Waals surface area contributed by atoms with Crippen molar-refractivity contribution < 1.29 is 26.4 Å². The van der Waals surface area contributed by atoms with E-state index < -0.39 is 21.9 Å². The average Bonchev–Trinajstić information content (AvgIpc) is 2.85. The number of pyridine rings is 1. The van der Waals surface area contributed by atoms with Gasteiger partial charge in [0.25, 0.3) is 0 Å². The van der Waals surface area contributed by atoms with Crippen molar-refractivity contribution in [3.05, 3.63) is 102 Å². The number of carbonyl (C=O) groups is 1. The summed E-state index contributed by atoms with van der Waals surface area (Å²) in [7, 11) is -3.64. The molecule has 1 amide bonds. The number of nitrogens with zero attached hydrogens (tertiary/aromatic N) is 3. The van der Waals surface area contributed by atoms with E-state index >= 15 is 0 Å². The van der Waals surface area contributed by atoms with Gasteiger partial charge < -0.3 is 4.90 Å². The van der Waals surface area contributed by atoms with E-state index in [1.165, 1.54) is 15.3 Å². The molecule has 0 unspecified atom stereocenters. The van der Waals surface area contributed by atoms with Crippen molar-refractivity contribution in [3.8, 4) is 0 Å². The molecule has 0 bridgehead atoms. The summed E-state index contributed by atoms with van der Waals surface area (Å²) in [4.78, 5) is 16.4. The van der Waals surface area contributed by atoms with Gasteiger partial charge in [-0.2, -0.15) is 13.2 Å². The second-order valence-corrected chi connectivity index (χ2v) is 10.1. The maximum atomic E-state index is 12.7. The van der Waals surface area contributed by atoms with Gasteiger partial charge in [-0.25, -0.2) is 8.42 Å². The number of alkyl halides is 3. The van der Waals surface area contributed by atoms with Crippen LogP contribution in [-0.4, -0.2) is 26.1 Å². The maximum absolute atomic E-state index is 12.7. The number of rotatable bonds is 8. The summed E-state index contributed by atoms with van der Waals surface area (Å²) in [6.07, 6.45) is -1.79. The summed E-state index contributed by atoms with van der Waals surface area (Å²) in [5, 5.41) is 1.95. The normalized spacial score (nSPS) is 11.9. The summed E-state index contributed by atoms with van der Waals surface area (Å²) in [5.74, 6) is 0. The highest BCUT2D eigenvalue weighted by Gasteiger charge is 2.32. The first-order valence-electron chi connectivity index (χ1n) is 10.8. The molecule has 0 spiro atoms. The Balaban J connectivity index is 1.57. The highest BCUT2D eigenvalue weighted by Crippen LogP contribution is 2.29. The zero-order chi connectivity index (χ0) is 25.9. The molecule has 186 valence electrons. The molecule has 0 radical (unpaired) electrons. The van der Waals surface area contributed by atoms with Crippen LogP contribution in [0.5, 0.6) is 0 Å². The van der Waals surface area contributed by atoms with Gasteiger partial charge in [0.2, 0.25) is 16.4 Å². The Morgan fingerprint density at radius 3 is 2.14 bits per heavy atom. The smallest absolute Gasteiger partial charge is 0.311 e. The number of hydrogen-bond donors (Lipinski definition) is 0. The van der Waals surface area contributed by atoms with Crippen molar-refractivity contribution in [2.24, 2.45) is 0 Å². The lowest BCUT2D eigenvalue weighted by Gasteiger charge is -2.24. The van der Waals surface area contributed by atoms with Gasteiger partial charge in [0.1, 0.15) is 5.69 Å². The third-order valence-electron chi connectivity index (χ3n) is 5.66. The van der Waals surface area contributed by atoms with Crippen LogP contribution in [0.1, 0.15) is 16.8 Å². The largest absolute Gasteiger partial charge is 0.433 e. The van der Waals surface area contributed by atoms with Gasteiger partial charge in [-0.05, 0) is 52.2 Å². The van der Waals surface area contributed by atoms with Crippen LogP contribution in [0, 0.1) is 0 Å². The summed E-state index contributed by atoms with van der Waals surface area (Å²) in [6.45, 7) is 0.119. The minimum Gasteiger partial charge on any atom is -0.311 e. The molecule has 0 atom stereocenters. The van der Waals surface area contributed by atoms with Gasteiger partial charge in [-0.3, -0.25) is 14.1 Å². The Labute approximate surface area is 206 Å². The Morgan fingerprint density at radius 2 is 1.53 bits per heavy atom. The summed E-state index contributed by atoms with van der Waals surface area (Å²) in [5.41, 5.74) is 1.10. The van der Waals surface area contributed by atoms with Gasteiger partial charge in [-0.15, -0.1) is 0 Å². The molecule has 0 aliphatic rings. The van der Waals surface area contributed by atoms with Crippen LogP contribution in [-0.2, 0) is 34.1 Å². The van der Waals surface area contributed by atoms with E-state index in [1.54, 1.807) is 24.3 Å². The van der Waals surface area contributed by atoms with Crippen molar-refractivity contribution in [2.45, 2.75) is 19.3 Å². The van der Waals surface area contributed by atoms with E-state index in [1.807, 2.05) is 42.5 Å². The molecular weight excluding hydrogens is 491 g/mol. The zero-order valence-corrected chi connectivity index (χ0v) is 20.0. The second-order valence-electron chi connectivity index (χ2n) is 8.21. The van der Waals surface area contributed by atoms with Crippen molar-refractivity contribution >= 4 is 38.6 Å². The molecule has 36 heavy (non-hydrogen) atoms. The number of carbonyl (C=O) groups excluding carboxylic acids is 1. The van der Waals surface area contributed by atoms with Crippen LogP contribution in [0.15, 0.2) is 85.1 Å². The molecular formula is C26H22F3N3O3S. The first-order chi connectivity index (χ1) is 17.1. The molecule has 6 nitrogen and oxygen atoms in total. The van der Waals surface area contributed by atoms with E-state index in [-0.39, 0.29) is 13.1 Å². The Hall–Kier alpha value is -3.92. The molecule has 0 N–H and O–H groups in total. The Morgan fingerprint density at radius 1 is 0.861 bits per heavy atom. The Kier molecular flexibility index (Phi) is 6.98. The number of fused-ring (bicyclic) bond motifs is 1. The molecule has 4 aromatic rings. The van der Waals surface area contributed by atoms with Crippen molar-refractivity contribution in [2.75, 3.05) is 15.5 Å². The number of benzene rings is 3. The number of amides is 1. The molecule has 1 aromatic heterocycles. The minimum absolute atomic E-state index is 0.000219. The van der Waals surface area contributed by atoms with Gasteiger partial charge in [-0.1, -0.05) is 48.5 Å². The predicted molar refractivity (Wildman–Crippen MR) is 133 cm³/mol. The SMILES string of the molecule is CS(=O)(=O)N(Cc1cccc2ccccc12)c1ccc(N(C=O)Cc2ccc(C(F)(F)F)nc2)cc1. The van der Waals surface area contributed by atoms with Gasteiger partial charge in [0.15, 0.2) is 0 Å². The van der Waals surface area contributed by atoms with Crippen molar-refractivity contribution in [3.63, 3.8) is 0 Å². The third kappa shape index (κ3) is 5.65.